The minimum absolute atomic E-state index is 0. The van der Waals surface area contributed by atoms with Crippen LogP contribution in [0.5, 0.6) is 5.75 Å². The van der Waals surface area contributed by atoms with Crippen molar-refractivity contribution in [3.8, 4) is 16.9 Å². The van der Waals surface area contributed by atoms with Gasteiger partial charge in [0.05, 0.1) is 13.3 Å². The van der Waals surface area contributed by atoms with E-state index in [1.807, 2.05) is 31.3 Å². The van der Waals surface area contributed by atoms with Crippen LogP contribution in [-0.4, -0.2) is 41.8 Å². The average molecular weight is 339 g/mol. The maximum atomic E-state index is 11.7. The second-order valence-corrected chi connectivity index (χ2v) is 5.50. The van der Waals surface area contributed by atoms with E-state index in [0.29, 0.717) is 0 Å². The van der Waals surface area contributed by atoms with Crippen molar-refractivity contribution in [1.82, 2.24) is 14.7 Å². The minimum Gasteiger partial charge on any atom is -0.497 e. The number of methoxy groups -OCH3 is 1. The maximum absolute atomic E-state index is 11.7. The molecule has 7 heteroatoms. The van der Waals surface area contributed by atoms with Gasteiger partial charge in [-0.15, -0.1) is 12.4 Å². The van der Waals surface area contributed by atoms with Crippen molar-refractivity contribution in [1.29, 1.82) is 0 Å². The van der Waals surface area contributed by atoms with Gasteiger partial charge in [0.2, 0.25) is 5.91 Å². The Labute approximate surface area is 142 Å². The molecular formula is C16H23ClN4O2. The molecule has 0 radical (unpaired) electrons. The lowest BCUT2D eigenvalue weighted by atomic mass is 10.0. The van der Waals surface area contributed by atoms with Crippen molar-refractivity contribution in [3.63, 3.8) is 0 Å². The Morgan fingerprint density at radius 3 is 2.61 bits per heavy atom. The molecule has 1 amide bonds. The molecule has 2 rings (SSSR count). The molecule has 0 unspecified atom stereocenters. The van der Waals surface area contributed by atoms with Crippen LogP contribution in [0, 0.1) is 0 Å². The van der Waals surface area contributed by atoms with Gasteiger partial charge in [0.25, 0.3) is 0 Å². The number of carbonyl (C=O) groups excluding carboxylic acids is 1. The zero-order valence-corrected chi connectivity index (χ0v) is 14.6. The molecular weight excluding hydrogens is 316 g/mol. The SMILES string of the molecule is COc1cc(-c2cnn(CC(=O)N(C)C)c2)cc([C@@H](C)N)c1.Cl. The van der Waals surface area contributed by atoms with E-state index >= 15 is 0 Å². The van der Waals surface area contributed by atoms with Crippen molar-refractivity contribution in [3.05, 3.63) is 36.2 Å². The lowest BCUT2D eigenvalue weighted by Crippen LogP contribution is -2.26. The molecule has 2 N–H and O–H groups in total. The Kier molecular flexibility index (Phi) is 6.60. The van der Waals surface area contributed by atoms with Crippen molar-refractivity contribution >= 4 is 18.3 Å². The average Bonchev–Trinajstić information content (AvgIpc) is 2.95. The van der Waals surface area contributed by atoms with Gasteiger partial charge in [-0.2, -0.15) is 5.10 Å². The number of nitrogens with two attached hydrogens (primary N) is 1. The topological polar surface area (TPSA) is 73.4 Å². The maximum Gasteiger partial charge on any atom is 0.243 e. The molecule has 0 aliphatic heterocycles. The summed E-state index contributed by atoms with van der Waals surface area (Å²) < 4.78 is 6.95. The summed E-state index contributed by atoms with van der Waals surface area (Å²) in [5.74, 6) is 0.749. The highest BCUT2D eigenvalue weighted by Crippen LogP contribution is 2.28. The second-order valence-electron chi connectivity index (χ2n) is 5.50. The van der Waals surface area contributed by atoms with Crippen LogP contribution in [0.25, 0.3) is 11.1 Å². The summed E-state index contributed by atoms with van der Waals surface area (Å²) >= 11 is 0. The normalized spacial score (nSPS) is 11.5. The fourth-order valence-corrected chi connectivity index (χ4v) is 2.05. The summed E-state index contributed by atoms with van der Waals surface area (Å²) in [6, 6.07) is 5.79. The van der Waals surface area contributed by atoms with Gasteiger partial charge in [0, 0.05) is 31.9 Å². The molecule has 0 aliphatic carbocycles. The van der Waals surface area contributed by atoms with E-state index in [1.54, 1.807) is 37.0 Å². The molecule has 1 aromatic carbocycles. The van der Waals surface area contributed by atoms with E-state index in [4.69, 9.17) is 10.5 Å². The molecule has 0 bridgehead atoms. The third-order valence-electron chi connectivity index (χ3n) is 3.45. The Bertz CT molecular complexity index is 668. The minimum atomic E-state index is -0.0841. The van der Waals surface area contributed by atoms with Crippen molar-refractivity contribution in [2.45, 2.75) is 19.5 Å². The molecule has 6 nitrogen and oxygen atoms in total. The lowest BCUT2D eigenvalue weighted by Gasteiger charge is -2.11. The van der Waals surface area contributed by atoms with E-state index in [0.717, 1.165) is 22.4 Å². The van der Waals surface area contributed by atoms with Crippen LogP contribution < -0.4 is 10.5 Å². The highest BCUT2D eigenvalue weighted by Gasteiger charge is 2.10. The predicted molar refractivity (Wildman–Crippen MR) is 92.8 cm³/mol. The van der Waals surface area contributed by atoms with Crippen LogP contribution in [0.4, 0.5) is 0 Å². The van der Waals surface area contributed by atoms with E-state index < -0.39 is 0 Å². The highest BCUT2D eigenvalue weighted by molar-refractivity contribution is 5.85. The van der Waals surface area contributed by atoms with Gasteiger partial charge in [-0.3, -0.25) is 9.48 Å². The zero-order valence-electron chi connectivity index (χ0n) is 13.8. The molecule has 0 spiro atoms. The van der Waals surface area contributed by atoms with Gasteiger partial charge < -0.3 is 15.4 Å². The first-order valence-electron chi connectivity index (χ1n) is 7.08. The number of ether oxygens (including phenoxy) is 1. The Morgan fingerprint density at radius 2 is 2.04 bits per heavy atom. The third kappa shape index (κ3) is 4.71. The lowest BCUT2D eigenvalue weighted by molar-refractivity contribution is -0.129. The number of hydrogen-bond donors (Lipinski definition) is 1. The number of hydrogen-bond acceptors (Lipinski definition) is 4. The van der Waals surface area contributed by atoms with Crippen molar-refractivity contribution < 1.29 is 9.53 Å². The first-order valence-corrected chi connectivity index (χ1v) is 7.08. The molecule has 0 saturated heterocycles. The number of carbonyl (C=O) groups is 1. The quantitative estimate of drug-likeness (QED) is 0.906. The van der Waals surface area contributed by atoms with Gasteiger partial charge in [0.1, 0.15) is 12.3 Å². The predicted octanol–water partition coefficient (Wildman–Crippen LogP) is 2.09. The Morgan fingerprint density at radius 1 is 1.35 bits per heavy atom. The fourth-order valence-electron chi connectivity index (χ4n) is 2.05. The van der Waals surface area contributed by atoms with Crippen molar-refractivity contribution in [2.24, 2.45) is 5.73 Å². The van der Waals surface area contributed by atoms with Gasteiger partial charge >= 0.3 is 0 Å². The van der Waals surface area contributed by atoms with Gasteiger partial charge in [0.15, 0.2) is 0 Å². The number of halogens is 1. The second kappa shape index (κ2) is 7.99. The number of benzene rings is 1. The monoisotopic (exact) mass is 338 g/mol. The molecule has 0 fully saturated rings. The van der Waals surface area contributed by atoms with Crippen LogP contribution in [0.3, 0.4) is 0 Å². The largest absolute Gasteiger partial charge is 0.497 e. The van der Waals surface area contributed by atoms with Gasteiger partial charge in [-0.25, -0.2) is 0 Å². The summed E-state index contributed by atoms with van der Waals surface area (Å²) in [5, 5.41) is 4.24. The standard InChI is InChI=1S/C16H22N4O2.ClH/c1-11(17)12-5-13(7-15(6-12)22-4)14-8-18-20(9-14)10-16(21)19(2)3;/h5-9,11H,10,17H2,1-4H3;1H/t11-;/m1./s1. The molecule has 126 valence electrons. The first-order chi connectivity index (χ1) is 10.4. The highest BCUT2D eigenvalue weighted by atomic mass is 35.5. The Hall–Kier alpha value is -2.05. The third-order valence-corrected chi connectivity index (χ3v) is 3.45. The number of amides is 1. The first kappa shape index (κ1) is 19.0. The summed E-state index contributed by atoms with van der Waals surface area (Å²) in [6.45, 7) is 2.15. The summed E-state index contributed by atoms with van der Waals surface area (Å²) in [7, 11) is 5.08. The van der Waals surface area contributed by atoms with Crippen LogP contribution in [-0.2, 0) is 11.3 Å². The smallest absolute Gasteiger partial charge is 0.243 e. The molecule has 23 heavy (non-hydrogen) atoms. The van der Waals surface area contributed by atoms with Crippen molar-refractivity contribution in [2.75, 3.05) is 21.2 Å². The van der Waals surface area contributed by atoms with Crippen LogP contribution >= 0.6 is 12.4 Å². The summed E-state index contributed by atoms with van der Waals surface area (Å²) in [6.07, 6.45) is 3.59. The van der Waals surface area contributed by atoms with Crippen LogP contribution in [0.1, 0.15) is 18.5 Å². The van der Waals surface area contributed by atoms with Crippen LogP contribution in [0.15, 0.2) is 30.6 Å². The molecule has 1 aromatic heterocycles. The van der Waals surface area contributed by atoms with E-state index in [-0.39, 0.29) is 30.9 Å². The summed E-state index contributed by atoms with van der Waals surface area (Å²) in [5.41, 5.74) is 8.85. The number of rotatable bonds is 5. The molecule has 1 atom stereocenters. The number of nitrogens with zero attached hydrogens (tertiary/aromatic N) is 3. The molecule has 0 aliphatic rings. The number of aromatic nitrogens is 2. The Balaban J connectivity index is 0.00000264. The fraction of sp³-hybridized carbons (Fsp3) is 0.375. The molecule has 2 aromatic rings. The van der Waals surface area contributed by atoms with Crippen LogP contribution in [0.2, 0.25) is 0 Å². The molecule has 1 heterocycles. The summed E-state index contributed by atoms with van der Waals surface area (Å²) in [4.78, 5) is 13.3. The van der Waals surface area contributed by atoms with Gasteiger partial charge in [-0.1, -0.05) is 0 Å². The van der Waals surface area contributed by atoms with E-state index in [1.165, 1.54) is 0 Å². The van der Waals surface area contributed by atoms with Gasteiger partial charge in [-0.05, 0) is 36.2 Å². The number of likely N-dealkylation sites (N-methyl/N-ethyl adjacent to an activating group) is 1. The van der Waals surface area contributed by atoms with E-state index in [9.17, 15) is 4.79 Å². The van der Waals surface area contributed by atoms with E-state index in [2.05, 4.69) is 5.10 Å². The zero-order chi connectivity index (χ0) is 16.3. The molecule has 0 saturated carbocycles.